The Morgan fingerprint density at radius 3 is 2.30 bits per heavy atom. The number of nitrogens with zero attached hydrogens (tertiary/aromatic N) is 2. The van der Waals surface area contributed by atoms with Crippen LogP contribution in [0, 0.1) is 0 Å². The highest BCUT2D eigenvalue weighted by Crippen LogP contribution is 2.35. The number of nitrogens with one attached hydrogen (secondary N) is 1. The summed E-state index contributed by atoms with van der Waals surface area (Å²) in [5, 5.41) is 39.5. The molecule has 0 atom stereocenters. The van der Waals surface area contributed by atoms with E-state index in [1.165, 1.54) is 11.3 Å². The highest BCUT2D eigenvalue weighted by atomic mass is 32.1. The third-order valence-corrected chi connectivity index (χ3v) is 3.89. The number of aromatic hydroxyl groups is 3. The molecule has 1 aromatic heterocycles. The summed E-state index contributed by atoms with van der Waals surface area (Å²) >= 11 is 1.19. The van der Waals surface area contributed by atoms with Crippen LogP contribution >= 0.6 is 11.3 Å². The van der Waals surface area contributed by atoms with Gasteiger partial charge < -0.3 is 15.3 Å². The molecule has 3 rings (SSSR count). The molecular formula is C15H11N3O4S. The van der Waals surface area contributed by atoms with E-state index in [1.807, 2.05) is 30.3 Å². The number of hydrogen-bond acceptors (Lipinski definition) is 7. The first-order chi connectivity index (χ1) is 11.0. The second-order valence-corrected chi connectivity index (χ2v) is 5.57. The summed E-state index contributed by atoms with van der Waals surface area (Å²) in [6, 6.07) is 11.5. The molecule has 23 heavy (non-hydrogen) atoms. The Balaban J connectivity index is 1.80. The molecule has 1 heterocycles. The van der Waals surface area contributed by atoms with Crippen molar-refractivity contribution in [3.05, 3.63) is 48.0 Å². The highest BCUT2D eigenvalue weighted by Gasteiger charge is 2.15. The van der Waals surface area contributed by atoms with Gasteiger partial charge in [0.15, 0.2) is 17.2 Å². The van der Waals surface area contributed by atoms with Crippen LogP contribution in [0.5, 0.6) is 17.2 Å². The maximum Gasteiger partial charge on any atom is 0.257 e. The Morgan fingerprint density at radius 2 is 1.65 bits per heavy atom. The van der Waals surface area contributed by atoms with Crippen LogP contribution < -0.4 is 5.32 Å². The van der Waals surface area contributed by atoms with Gasteiger partial charge in [-0.25, -0.2) is 0 Å². The van der Waals surface area contributed by atoms with Gasteiger partial charge in [-0.05, 0) is 12.1 Å². The second kappa shape index (κ2) is 5.93. The van der Waals surface area contributed by atoms with E-state index in [-0.39, 0.29) is 10.7 Å². The Kier molecular flexibility index (Phi) is 3.82. The zero-order valence-electron chi connectivity index (χ0n) is 11.6. The lowest BCUT2D eigenvalue weighted by Crippen LogP contribution is -2.11. The third-order valence-electron chi connectivity index (χ3n) is 3.00. The fourth-order valence-corrected chi connectivity index (χ4v) is 2.62. The van der Waals surface area contributed by atoms with Gasteiger partial charge in [0.25, 0.3) is 5.91 Å². The van der Waals surface area contributed by atoms with Crippen molar-refractivity contribution in [1.82, 2.24) is 10.2 Å². The summed E-state index contributed by atoms with van der Waals surface area (Å²) < 4.78 is 0. The highest BCUT2D eigenvalue weighted by molar-refractivity contribution is 7.18. The van der Waals surface area contributed by atoms with E-state index in [0.29, 0.717) is 5.01 Å². The lowest BCUT2D eigenvalue weighted by Gasteiger charge is -2.05. The fourth-order valence-electron chi connectivity index (χ4n) is 1.88. The molecular weight excluding hydrogens is 318 g/mol. The van der Waals surface area contributed by atoms with Gasteiger partial charge in [-0.15, -0.1) is 10.2 Å². The molecule has 0 fully saturated rings. The van der Waals surface area contributed by atoms with Gasteiger partial charge in [-0.1, -0.05) is 41.7 Å². The second-order valence-electron chi connectivity index (χ2n) is 4.60. The number of phenolic OH excluding ortho intramolecular Hbond substituents is 3. The Morgan fingerprint density at radius 1 is 1.00 bits per heavy atom. The monoisotopic (exact) mass is 329 g/mol. The molecule has 0 spiro atoms. The number of anilines is 1. The van der Waals surface area contributed by atoms with E-state index >= 15 is 0 Å². The minimum atomic E-state index is -0.677. The van der Waals surface area contributed by atoms with Crippen molar-refractivity contribution >= 4 is 22.4 Å². The van der Waals surface area contributed by atoms with Gasteiger partial charge in [0, 0.05) is 11.1 Å². The van der Waals surface area contributed by atoms with Crippen molar-refractivity contribution in [3.8, 4) is 27.8 Å². The normalized spacial score (nSPS) is 10.4. The zero-order valence-corrected chi connectivity index (χ0v) is 12.4. The number of aromatic nitrogens is 2. The Hall–Kier alpha value is -3.13. The number of benzene rings is 2. The molecule has 1 amide bonds. The first-order valence-electron chi connectivity index (χ1n) is 6.50. The molecule has 2 aromatic carbocycles. The average molecular weight is 329 g/mol. The van der Waals surface area contributed by atoms with Gasteiger partial charge in [0.2, 0.25) is 5.13 Å². The van der Waals surface area contributed by atoms with Gasteiger partial charge >= 0.3 is 0 Å². The minimum Gasteiger partial charge on any atom is -0.504 e. The largest absolute Gasteiger partial charge is 0.504 e. The quantitative estimate of drug-likeness (QED) is 0.549. The summed E-state index contributed by atoms with van der Waals surface area (Å²) in [5.41, 5.74) is 0.861. The summed E-state index contributed by atoms with van der Waals surface area (Å²) in [6.07, 6.45) is 0. The maximum absolute atomic E-state index is 12.1. The van der Waals surface area contributed by atoms with Crippen molar-refractivity contribution in [2.75, 3.05) is 5.32 Å². The van der Waals surface area contributed by atoms with Gasteiger partial charge in [-0.3, -0.25) is 10.1 Å². The molecule has 116 valence electrons. The van der Waals surface area contributed by atoms with Crippen LogP contribution in [-0.4, -0.2) is 31.4 Å². The van der Waals surface area contributed by atoms with Crippen molar-refractivity contribution < 1.29 is 20.1 Å². The van der Waals surface area contributed by atoms with Crippen LogP contribution in [0.15, 0.2) is 42.5 Å². The first-order valence-corrected chi connectivity index (χ1v) is 7.31. The SMILES string of the molecule is O=C(Nc1nnc(-c2ccccc2)s1)c1cc(O)c(O)c(O)c1. The molecule has 0 aliphatic rings. The van der Waals surface area contributed by atoms with Crippen LogP contribution in [0.4, 0.5) is 5.13 Å². The summed E-state index contributed by atoms with van der Waals surface area (Å²) in [7, 11) is 0. The van der Waals surface area contributed by atoms with Crippen molar-refractivity contribution in [3.63, 3.8) is 0 Å². The molecule has 7 nitrogen and oxygen atoms in total. The molecule has 0 aliphatic heterocycles. The topological polar surface area (TPSA) is 116 Å². The van der Waals surface area contributed by atoms with E-state index in [2.05, 4.69) is 15.5 Å². The molecule has 4 N–H and O–H groups in total. The number of carbonyl (C=O) groups excluding carboxylic acids is 1. The van der Waals surface area contributed by atoms with Crippen LogP contribution in [-0.2, 0) is 0 Å². The molecule has 0 saturated heterocycles. The van der Waals surface area contributed by atoms with Crippen molar-refractivity contribution in [2.24, 2.45) is 0 Å². The first kappa shape index (κ1) is 14.8. The number of amides is 1. The van der Waals surface area contributed by atoms with Crippen LogP contribution in [0.3, 0.4) is 0 Å². The number of rotatable bonds is 3. The summed E-state index contributed by atoms with van der Waals surface area (Å²) in [4.78, 5) is 12.1. The zero-order chi connectivity index (χ0) is 16.4. The smallest absolute Gasteiger partial charge is 0.257 e. The van der Waals surface area contributed by atoms with Crippen LogP contribution in [0.25, 0.3) is 10.6 Å². The van der Waals surface area contributed by atoms with E-state index in [4.69, 9.17) is 0 Å². The number of carbonyl (C=O) groups is 1. The summed E-state index contributed by atoms with van der Waals surface area (Å²) in [6.45, 7) is 0. The van der Waals surface area contributed by atoms with E-state index < -0.39 is 23.2 Å². The molecule has 0 bridgehead atoms. The number of phenols is 3. The van der Waals surface area contributed by atoms with Crippen LogP contribution in [0.2, 0.25) is 0 Å². The van der Waals surface area contributed by atoms with Crippen LogP contribution in [0.1, 0.15) is 10.4 Å². The van der Waals surface area contributed by atoms with Crippen molar-refractivity contribution in [2.45, 2.75) is 0 Å². The van der Waals surface area contributed by atoms with E-state index in [0.717, 1.165) is 17.7 Å². The van der Waals surface area contributed by atoms with Gasteiger partial charge in [0.05, 0.1) is 0 Å². The predicted molar refractivity (Wildman–Crippen MR) is 84.7 cm³/mol. The fraction of sp³-hybridized carbons (Fsp3) is 0. The van der Waals surface area contributed by atoms with E-state index in [1.54, 1.807) is 0 Å². The lowest BCUT2D eigenvalue weighted by molar-refractivity contribution is 0.102. The average Bonchev–Trinajstić information content (AvgIpc) is 3.01. The van der Waals surface area contributed by atoms with Crippen molar-refractivity contribution in [1.29, 1.82) is 0 Å². The summed E-state index contributed by atoms with van der Waals surface area (Å²) in [5.74, 6) is -2.44. The predicted octanol–water partition coefficient (Wildman–Crippen LogP) is 2.57. The molecule has 0 radical (unpaired) electrons. The molecule has 0 saturated carbocycles. The van der Waals surface area contributed by atoms with E-state index in [9.17, 15) is 20.1 Å². The lowest BCUT2D eigenvalue weighted by atomic mass is 10.1. The van der Waals surface area contributed by atoms with Gasteiger partial charge in [-0.2, -0.15) is 0 Å². The molecule has 0 aliphatic carbocycles. The third kappa shape index (κ3) is 3.06. The Bertz CT molecular complexity index is 841. The standard InChI is InChI=1S/C15H11N3O4S/c19-10-6-9(7-11(20)12(10)21)13(22)16-15-18-17-14(23-15)8-4-2-1-3-5-8/h1-7,19-21H,(H,16,18,22). The molecule has 0 unspecified atom stereocenters. The number of hydrogen-bond donors (Lipinski definition) is 4. The minimum absolute atomic E-state index is 0.0192. The van der Waals surface area contributed by atoms with Gasteiger partial charge in [0.1, 0.15) is 5.01 Å². The molecule has 8 heteroatoms. The maximum atomic E-state index is 12.1. The Labute approximate surface area is 134 Å². The molecule has 3 aromatic rings.